The van der Waals surface area contributed by atoms with Crippen molar-refractivity contribution in [3.8, 4) is 0 Å². The molecular formula is C9H17NO2. The first-order valence-electron chi connectivity index (χ1n) is 4.46. The van der Waals surface area contributed by atoms with Gasteiger partial charge in [0.05, 0.1) is 6.10 Å². The molecule has 1 aliphatic rings. The highest BCUT2D eigenvalue weighted by molar-refractivity contribution is 5.74. The van der Waals surface area contributed by atoms with E-state index in [1.165, 1.54) is 0 Å². The summed E-state index contributed by atoms with van der Waals surface area (Å²) in [7, 11) is 0. The van der Waals surface area contributed by atoms with Crippen molar-refractivity contribution >= 4 is 5.91 Å². The van der Waals surface area contributed by atoms with E-state index in [9.17, 15) is 9.90 Å². The molecular weight excluding hydrogens is 154 g/mol. The van der Waals surface area contributed by atoms with Crippen molar-refractivity contribution in [1.82, 2.24) is 4.90 Å². The molecule has 1 saturated heterocycles. The lowest BCUT2D eigenvalue weighted by Crippen LogP contribution is -2.54. The fourth-order valence-electron chi connectivity index (χ4n) is 1.53. The van der Waals surface area contributed by atoms with Gasteiger partial charge in [-0.05, 0) is 5.92 Å². The quantitative estimate of drug-likeness (QED) is 0.656. The highest BCUT2D eigenvalue weighted by atomic mass is 16.3. The second kappa shape index (κ2) is 3.44. The SMILES string of the molecule is CC(=O)N1CC(C(O)C(C)C)C1. The van der Waals surface area contributed by atoms with Gasteiger partial charge in [0.25, 0.3) is 0 Å². The summed E-state index contributed by atoms with van der Waals surface area (Å²) in [6.07, 6.45) is -0.249. The lowest BCUT2D eigenvalue weighted by Gasteiger charge is -2.42. The summed E-state index contributed by atoms with van der Waals surface area (Å²) in [5.41, 5.74) is 0. The summed E-state index contributed by atoms with van der Waals surface area (Å²) in [5.74, 6) is 0.709. The molecule has 0 bridgehead atoms. The molecule has 1 fully saturated rings. The second-order valence-corrected chi connectivity index (χ2v) is 3.92. The Balaban J connectivity index is 2.29. The number of carbonyl (C=O) groups excluding carboxylic acids is 1. The first kappa shape index (κ1) is 9.52. The van der Waals surface area contributed by atoms with E-state index in [4.69, 9.17) is 0 Å². The van der Waals surface area contributed by atoms with Crippen LogP contribution in [0, 0.1) is 11.8 Å². The maximum Gasteiger partial charge on any atom is 0.219 e. The number of rotatable bonds is 2. The maximum atomic E-state index is 10.8. The predicted octanol–water partition coefficient (Wildman–Crippen LogP) is 0.482. The Morgan fingerprint density at radius 2 is 2.00 bits per heavy atom. The van der Waals surface area contributed by atoms with Gasteiger partial charge in [-0.1, -0.05) is 13.8 Å². The van der Waals surface area contributed by atoms with Crippen LogP contribution in [-0.2, 0) is 4.79 Å². The van der Waals surface area contributed by atoms with E-state index in [0.717, 1.165) is 13.1 Å². The van der Waals surface area contributed by atoms with Crippen molar-refractivity contribution in [2.24, 2.45) is 11.8 Å². The third-order valence-electron chi connectivity index (χ3n) is 2.52. The Kier molecular flexibility index (Phi) is 2.73. The molecule has 1 heterocycles. The van der Waals surface area contributed by atoms with Gasteiger partial charge in [-0.15, -0.1) is 0 Å². The standard InChI is InChI=1S/C9H17NO2/c1-6(2)9(12)8-4-10(5-8)7(3)11/h6,8-9,12H,4-5H2,1-3H3. The third-order valence-corrected chi connectivity index (χ3v) is 2.52. The maximum absolute atomic E-state index is 10.8. The minimum atomic E-state index is -0.249. The zero-order valence-corrected chi connectivity index (χ0v) is 7.95. The topological polar surface area (TPSA) is 40.5 Å². The molecule has 0 aromatic heterocycles. The van der Waals surface area contributed by atoms with E-state index >= 15 is 0 Å². The largest absolute Gasteiger partial charge is 0.392 e. The minimum absolute atomic E-state index is 0.113. The molecule has 3 heteroatoms. The first-order valence-corrected chi connectivity index (χ1v) is 4.46. The minimum Gasteiger partial charge on any atom is -0.392 e. The van der Waals surface area contributed by atoms with Gasteiger partial charge in [-0.3, -0.25) is 4.79 Å². The summed E-state index contributed by atoms with van der Waals surface area (Å²) in [4.78, 5) is 12.6. The fourth-order valence-corrected chi connectivity index (χ4v) is 1.53. The summed E-state index contributed by atoms with van der Waals surface area (Å²) in [6, 6.07) is 0. The molecule has 1 atom stereocenters. The van der Waals surface area contributed by atoms with Crippen molar-refractivity contribution < 1.29 is 9.90 Å². The Morgan fingerprint density at radius 3 is 2.33 bits per heavy atom. The Morgan fingerprint density at radius 1 is 1.50 bits per heavy atom. The molecule has 1 aliphatic heterocycles. The highest BCUT2D eigenvalue weighted by Crippen LogP contribution is 2.23. The van der Waals surface area contributed by atoms with Crippen LogP contribution in [0.2, 0.25) is 0 Å². The normalized spacial score (nSPS) is 20.9. The van der Waals surface area contributed by atoms with Crippen LogP contribution >= 0.6 is 0 Å². The van der Waals surface area contributed by atoms with E-state index in [0.29, 0.717) is 11.8 Å². The number of likely N-dealkylation sites (tertiary alicyclic amines) is 1. The lowest BCUT2D eigenvalue weighted by molar-refractivity contribution is -0.139. The number of nitrogens with zero attached hydrogens (tertiary/aromatic N) is 1. The molecule has 3 nitrogen and oxygen atoms in total. The molecule has 1 amide bonds. The van der Waals surface area contributed by atoms with Gasteiger partial charge in [0.1, 0.15) is 0 Å². The van der Waals surface area contributed by atoms with E-state index in [-0.39, 0.29) is 12.0 Å². The number of aliphatic hydroxyl groups excluding tert-OH is 1. The molecule has 1 rings (SSSR count). The molecule has 70 valence electrons. The van der Waals surface area contributed by atoms with Gasteiger partial charge in [-0.25, -0.2) is 0 Å². The summed E-state index contributed by atoms with van der Waals surface area (Å²) < 4.78 is 0. The van der Waals surface area contributed by atoms with E-state index in [2.05, 4.69) is 0 Å². The van der Waals surface area contributed by atoms with Crippen molar-refractivity contribution in [2.45, 2.75) is 26.9 Å². The summed E-state index contributed by atoms with van der Waals surface area (Å²) in [6.45, 7) is 7.03. The molecule has 0 aliphatic carbocycles. The highest BCUT2D eigenvalue weighted by Gasteiger charge is 2.34. The average Bonchev–Trinajstić information content (AvgIpc) is 1.82. The van der Waals surface area contributed by atoms with E-state index in [1.807, 2.05) is 13.8 Å². The molecule has 0 spiro atoms. The van der Waals surface area contributed by atoms with Crippen LogP contribution in [0.5, 0.6) is 0 Å². The summed E-state index contributed by atoms with van der Waals surface area (Å²) >= 11 is 0. The summed E-state index contributed by atoms with van der Waals surface area (Å²) in [5, 5.41) is 9.61. The van der Waals surface area contributed by atoms with Crippen molar-refractivity contribution in [2.75, 3.05) is 13.1 Å². The molecule has 12 heavy (non-hydrogen) atoms. The van der Waals surface area contributed by atoms with Gasteiger partial charge in [0.15, 0.2) is 0 Å². The van der Waals surface area contributed by atoms with Crippen molar-refractivity contribution in [3.05, 3.63) is 0 Å². The Bertz CT molecular complexity index is 173. The number of carbonyl (C=O) groups is 1. The zero-order valence-electron chi connectivity index (χ0n) is 7.95. The van der Waals surface area contributed by atoms with Crippen LogP contribution < -0.4 is 0 Å². The number of aliphatic hydroxyl groups is 1. The molecule has 0 saturated carbocycles. The van der Waals surface area contributed by atoms with Gasteiger partial charge >= 0.3 is 0 Å². The smallest absolute Gasteiger partial charge is 0.219 e. The van der Waals surface area contributed by atoms with E-state index < -0.39 is 0 Å². The number of hydrogen-bond acceptors (Lipinski definition) is 2. The Labute approximate surface area is 73.4 Å². The fraction of sp³-hybridized carbons (Fsp3) is 0.889. The number of amides is 1. The molecule has 0 aromatic rings. The first-order chi connectivity index (χ1) is 5.52. The third kappa shape index (κ3) is 1.78. The molecule has 0 radical (unpaired) electrons. The molecule has 1 unspecified atom stereocenters. The average molecular weight is 171 g/mol. The van der Waals surface area contributed by atoms with Crippen LogP contribution in [0.3, 0.4) is 0 Å². The zero-order chi connectivity index (χ0) is 9.30. The van der Waals surface area contributed by atoms with Gasteiger partial charge in [0, 0.05) is 25.9 Å². The van der Waals surface area contributed by atoms with Crippen molar-refractivity contribution in [1.29, 1.82) is 0 Å². The Hall–Kier alpha value is -0.570. The van der Waals surface area contributed by atoms with Crippen molar-refractivity contribution in [3.63, 3.8) is 0 Å². The van der Waals surface area contributed by atoms with Crippen LogP contribution in [0.1, 0.15) is 20.8 Å². The predicted molar refractivity (Wildman–Crippen MR) is 46.6 cm³/mol. The lowest BCUT2D eigenvalue weighted by atomic mass is 9.87. The van der Waals surface area contributed by atoms with E-state index in [1.54, 1.807) is 11.8 Å². The van der Waals surface area contributed by atoms with Crippen LogP contribution in [0.4, 0.5) is 0 Å². The molecule has 0 aromatic carbocycles. The van der Waals surface area contributed by atoms with Crippen LogP contribution in [-0.4, -0.2) is 35.1 Å². The number of hydrogen-bond donors (Lipinski definition) is 1. The monoisotopic (exact) mass is 171 g/mol. The van der Waals surface area contributed by atoms with Crippen LogP contribution in [0.15, 0.2) is 0 Å². The second-order valence-electron chi connectivity index (χ2n) is 3.92. The van der Waals surface area contributed by atoms with Gasteiger partial charge in [-0.2, -0.15) is 0 Å². The van der Waals surface area contributed by atoms with Crippen LogP contribution in [0.25, 0.3) is 0 Å². The molecule has 1 N–H and O–H groups in total. The van der Waals surface area contributed by atoms with Gasteiger partial charge < -0.3 is 10.0 Å². The van der Waals surface area contributed by atoms with Gasteiger partial charge in [0.2, 0.25) is 5.91 Å².